The fourth-order valence-electron chi connectivity index (χ4n) is 1.25. The van der Waals surface area contributed by atoms with Crippen LogP contribution in [0.5, 0.6) is 5.75 Å². The SMILES string of the molecule is CS(=O)(=O)CCCOc1ccc(B(O)O)cc1. The molecule has 94 valence electrons. The molecule has 0 aliphatic carbocycles. The third-order valence-electron chi connectivity index (χ3n) is 2.11. The highest BCUT2D eigenvalue weighted by molar-refractivity contribution is 7.90. The molecule has 0 fully saturated rings. The van der Waals surface area contributed by atoms with Crippen molar-refractivity contribution in [3.8, 4) is 5.75 Å². The average Bonchev–Trinajstić information content (AvgIpc) is 2.24. The zero-order chi connectivity index (χ0) is 12.9. The average molecular weight is 258 g/mol. The molecule has 7 heteroatoms. The Morgan fingerprint density at radius 3 is 2.29 bits per heavy atom. The Labute approximate surface area is 101 Å². The molecule has 1 aromatic carbocycles. The van der Waals surface area contributed by atoms with Crippen LogP contribution >= 0.6 is 0 Å². The molecule has 2 N–H and O–H groups in total. The summed E-state index contributed by atoms with van der Waals surface area (Å²) in [4.78, 5) is 0. The number of hydrogen-bond donors (Lipinski definition) is 2. The maximum absolute atomic E-state index is 10.9. The van der Waals surface area contributed by atoms with Crippen molar-refractivity contribution in [2.45, 2.75) is 6.42 Å². The van der Waals surface area contributed by atoms with Gasteiger partial charge in [-0.25, -0.2) is 8.42 Å². The molecule has 0 aliphatic rings. The smallest absolute Gasteiger partial charge is 0.488 e. The van der Waals surface area contributed by atoms with Gasteiger partial charge in [0.15, 0.2) is 0 Å². The molecule has 0 spiro atoms. The largest absolute Gasteiger partial charge is 0.494 e. The van der Waals surface area contributed by atoms with Crippen LogP contribution in [0.3, 0.4) is 0 Å². The van der Waals surface area contributed by atoms with Crippen molar-refractivity contribution in [1.29, 1.82) is 0 Å². The topological polar surface area (TPSA) is 83.8 Å². The van der Waals surface area contributed by atoms with E-state index in [1.807, 2.05) is 0 Å². The number of hydrogen-bond acceptors (Lipinski definition) is 5. The van der Waals surface area contributed by atoms with Gasteiger partial charge in [0.25, 0.3) is 0 Å². The summed E-state index contributed by atoms with van der Waals surface area (Å²) in [5.41, 5.74) is 0.383. The summed E-state index contributed by atoms with van der Waals surface area (Å²) in [6.45, 7) is 0.314. The highest BCUT2D eigenvalue weighted by Crippen LogP contribution is 2.08. The molecule has 0 unspecified atom stereocenters. The van der Waals surface area contributed by atoms with E-state index in [0.29, 0.717) is 24.2 Å². The Bertz CT molecular complexity index is 440. The van der Waals surface area contributed by atoms with Gasteiger partial charge in [-0.3, -0.25) is 0 Å². The first kappa shape index (κ1) is 14.0. The quantitative estimate of drug-likeness (QED) is 0.514. The summed E-state index contributed by atoms with van der Waals surface area (Å²) < 4.78 is 27.0. The van der Waals surface area contributed by atoms with Gasteiger partial charge in [0.1, 0.15) is 15.6 Å². The van der Waals surface area contributed by atoms with Gasteiger partial charge in [0.05, 0.1) is 12.4 Å². The predicted molar refractivity (Wildman–Crippen MR) is 66.1 cm³/mol. The molecule has 0 saturated heterocycles. The summed E-state index contributed by atoms with van der Waals surface area (Å²) in [5, 5.41) is 17.7. The maximum Gasteiger partial charge on any atom is 0.488 e. The van der Waals surface area contributed by atoms with Gasteiger partial charge in [-0.2, -0.15) is 0 Å². The lowest BCUT2D eigenvalue weighted by atomic mass is 9.80. The Morgan fingerprint density at radius 2 is 1.82 bits per heavy atom. The molecule has 0 atom stereocenters. The Hall–Kier alpha value is -1.05. The Kier molecular flexibility index (Phi) is 4.98. The first-order valence-electron chi connectivity index (χ1n) is 5.15. The summed E-state index contributed by atoms with van der Waals surface area (Å²) in [6, 6.07) is 6.29. The van der Waals surface area contributed by atoms with Crippen LogP contribution in [-0.4, -0.2) is 44.2 Å². The second-order valence-electron chi connectivity index (χ2n) is 3.77. The third kappa shape index (κ3) is 5.72. The molecule has 0 heterocycles. The van der Waals surface area contributed by atoms with E-state index in [1.165, 1.54) is 18.4 Å². The molecule has 1 rings (SSSR count). The lowest BCUT2D eigenvalue weighted by molar-refractivity contribution is 0.318. The summed E-state index contributed by atoms with van der Waals surface area (Å²) in [7, 11) is -4.43. The van der Waals surface area contributed by atoms with Crippen LogP contribution in [0.2, 0.25) is 0 Å². The third-order valence-corrected chi connectivity index (χ3v) is 3.14. The molecule has 5 nitrogen and oxygen atoms in total. The standard InChI is InChI=1S/C10H15BO5S/c1-17(14,15)8-2-7-16-10-5-3-9(4-6-10)11(12)13/h3-6,12-13H,2,7-8H2,1H3. The van der Waals surface area contributed by atoms with Gasteiger partial charge in [-0.15, -0.1) is 0 Å². The normalized spacial score (nSPS) is 11.2. The first-order valence-corrected chi connectivity index (χ1v) is 7.21. The number of rotatable bonds is 6. The lowest BCUT2D eigenvalue weighted by Gasteiger charge is -2.06. The molecule has 0 radical (unpaired) electrons. The fourth-order valence-corrected chi connectivity index (χ4v) is 1.89. The van der Waals surface area contributed by atoms with Crippen LogP contribution in [0.25, 0.3) is 0 Å². The monoisotopic (exact) mass is 258 g/mol. The minimum absolute atomic E-state index is 0.0977. The second-order valence-corrected chi connectivity index (χ2v) is 6.03. The highest BCUT2D eigenvalue weighted by Gasteiger charge is 2.09. The van der Waals surface area contributed by atoms with Gasteiger partial charge in [-0.05, 0) is 24.0 Å². The zero-order valence-electron chi connectivity index (χ0n) is 9.54. The number of ether oxygens (including phenoxy) is 1. The Balaban J connectivity index is 2.37. The molecule has 0 saturated carbocycles. The van der Waals surface area contributed by atoms with E-state index in [4.69, 9.17) is 14.8 Å². The van der Waals surface area contributed by atoms with E-state index in [-0.39, 0.29) is 5.75 Å². The molecule has 0 bridgehead atoms. The van der Waals surface area contributed by atoms with Crippen LogP contribution in [0.15, 0.2) is 24.3 Å². The zero-order valence-corrected chi connectivity index (χ0v) is 10.4. The van der Waals surface area contributed by atoms with Gasteiger partial charge in [0, 0.05) is 6.26 Å². The van der Waals surface area contributed by atoms with Gasteiger partial charge in [-0.1, -0.05) is 12.1 Å². The molecule has 17 heavy (non-hydrogen) atoms. The summed E-state index contributed by atoms with van der Waals surface area (Å²) >= 11 is 0. The molecule has 0 amide bonds. The van der Waals surface area contributed by atoms with Crippen molar-refractivity contribution in [1.82, 2.24) is 0 Å². The first-order chi connectivity index (χ1) is 7.88. The Morgan fingerprint density at radius 1 is 1.24 bits per heavy atom. The van der Waals surface area contributed by atoms with Gasteiger partial charge in [0.2, 0.25) is 0 Å². The van der Waals surface area contributed by atoms with Crippen LogP contribution in [0.4, 0.5) is 0 Å². The van der Waals surface area contributed by atoms with E-state index in [2.05, 4.69) is 0 Å². The lowest BCUT2D eigenvalue weighted by Crippen LogP contribution is -2.29. The summed E-state index contributed by atoms with van der Waals surface area (Å²) in [6.07, 6.45) is 1.62. The van der Waals surface area contributed by atoms with E-state index < -0.39 is 17.0 Å². The van der Waals surface area contributed by atoms with Crippen LogP contribution < -0.4 is 10.2 Å². The van der Waals surface area contributed by atoms with Crippen molar-refractivity contribution in [2.75, 3.05) is 18.6 Å². The van der Waals surface area contributed by atoms with E-state index in [0.717, 1.165) is 0 Å². The minimum atomic E-state index is -2.94. The van der Waals surface area contributed by atoms with Crippen molar-refractivity contribution in [2.24, 2.45) is 0 Å². The van der Waals surface area contributed by atoms with Crippen molar-refractivity contribution in [3.05, 3.63) is 24.3 Å². The van der Waals surface area contributed by atoms with Gasteiger partial charge < -0.3 is 14.8 Å². The minimum Gasteiger partial charge on any atom is -0.494 e. The molecule has 1 aromatic rings. The van der Waals surface area contributed by atoms with Crippen LogP contribution in [0.1, 0.15) is 6.42 Å². The van der Waals surface area contributed by atoms with Crippen molar-refractivity contribution >= 4 is 22.4 Å². The number of sulfone groups is 1. The van der Waals surface area contributed by atoms with Gasteiger partial charge >= 0.3 is 7.12 Å². The maximum atomic E-state index is 10.9. The number of benzene rings is 1. The molecular weight excluding hydrogens is 243 g/mol. The molecular formula is C10H15BO5S. The predicted octanol–water partition coefficient (Wildman–Crippen LogP) is -0.820. The van der Waals surface area contributed by atoms with Crippen LogP contribution in [-0.2, 0) is 9.84 Å². The van der Waals surface area contributed by atoms with E-state index >= 15 is 0 Å². The summed E-state index contributed by atoms with van der Waals surface area (Å²) in [5.74, 6) is 0.670. The van der Waals surface area contributed by atoms with Crippen LogP contribution in [0, 0.1) is 0 Å². The molecule has 0 aromatic heterocycles. The second kappa shape index (κ2) is 6.04. The fraction of sp³-hybridized carbons (Fsp3) is 0.400. The van der Waals surface area contributed by atoms with E-state index in [9.17, 15) is 8.42 Å². The van der Waals surface area contributed by atoms with Crippen molar-refractivity contribution in [3.63, 3.8) is 0 Å². The van der Waals surface area contributed by atoms with E-state index in [1.54, 1.807) is 12.1 Å². The highest BCUT2D eigenvalue weighted by atomic mass is 32.2. The molecule has 0 aliphatic heterocycles. The van der Waals surface area contributed by atoms with Crippen molar-refractivity contribution < 1.29 is 23.2 Å².